The molecule has 2 nitrogen and oxygen atoms in total. The molecule has 0 radical (unpaired) electrons. The van der Waals surface area contributed by atoms with Crippen molar-refractivity contribution in [2.24, 2.45) is 0 Å². The van der Waals surface area contributed by atoms with Gasteiger partial charge in [0.15, 0.2) is 0 Å². The third-order valence-electron chi connectivity index (χ3n) is 1.11. The second-order valence-electron chi connectivity index (χ2n) is 1.94. The highest BCUT2D eigenvalue weighted by atomic mass is 127. The first kappa shape index (κ1) is 9.20. The fraction of sp³-hybridized carbons (Fsp3) is 0.833. The maximum absolute atomic E-state index is 10.0. The first-order valence-corrected chi connectivity index (χ1v) is 4.27. The quantitative estimate of drug-likeness (QED) is 0.605. The lowest BCUT2D eigenvalue weighted by Gasteiger charge is -2.01. The van der Waals surface area contributed by atoms with E-state index in [1.165, 1.54) is 0 Å². The van der Waals surface area contributed by atoms with Gasteiger partial charge in [-0.15, -0.1) is 0 Å². The maximum Gasteiger partial charge on any atom is 0.303 e. The molecule has 0 amide bonds. The zero-order valence-corrected chi connectivity index (χ0v) is 7.59. The summed E-state index contributed by atoms with van der Waals surface area (Å²) in [5.74, 6) is -0.690. The van der Waals surface area contributed by atoms with Crippen molar-refractivity contribution in [3.05, 3.63) is 0 Å². The van der Waals surface area contributed by atoms with Crippen LogP contribution in [0.2, 0.25) is 0 Å². The molecule has 0 aliphatic rings. The van der Waals surface area contributed by atoms with Gasteiger partial charge < -0.3 is 5.11 Å². The zero-order chi connectivity index (χ0) is 7.28. The number of carboxylic acid groups (broad SMARTS) is 1. The number of aliphatic carboxylic acids is 1. The largest absolute Gasteiger partial charge is 0.481 e. The van der Waals surface area contributed by atoms with Crippen LogP contribution in [-0.2, 0) is 4.79 Å². The molecule has 0 rings (SSSR count). The topological polar surface area (TPSA) is 37.3 Å². The Bertz CT molecular complexity index is 93.1. The minimum absolute atomic E-state index is 0.307. The molecule has 0 saturated heterocycles. The highest BCUT2D eigenvalue weighted by Gasteiger charge is 2.02. The molecule has 1 unspecified atom stereocenters. The van der Waals surface area contributed by atoms with Crippen LogP contribution < -0.4 is 0 Å². The third-order valence-corrected chi connectivity index (χ3v) is 2.62. The Kier molecular flexibility index (Phi) is 5.13. The molecule has 0 saturated carbocycles. The van der Waals surface area contributed by atoms with Crippen molar-refractivity contribution >= 4 is 28.6 Å². The number of carbonyl (C=O) groups is 1. The van der Waals surface area contributed by atoms with Crippen LogP contribution in [0.3, 0.4) is 0 Å². The summed E-state index contributed by atoms with van der Waals surface area (Å²) in [7, 11) is 0. The number of hydrogen-bond acceptors (Lipinski definition) is 1. The fourth-order valence-electron chi connectivity index (χ4n) is 0.484. The molecule has 54 valence electrons. The van der Waals surface area contributed by atoms with Gasteiger partial charge in [-0.05, 0) is 12.8 Å². The standard InChI is InChI=1S/C6H11IO2/c1-2-5(7)3-4-6(8)9/h5H,2-4H2,1H3,(H,8,9). The van der Waals surface area contributed by atoms with Crippen molar-refractivity contribution in [3.63, 3.8) is 0 Å². The van der Waals surface area contributed by atoms with Crippen LogP contribution in [0.4, 0.5) is 0 Å². The lowest BCUT2D eigenvalue weighted by molar-refractivity contribution is -0.137. The van der Waals surface area contributed by atoms with Gasteiger partial charge in [0, 0.05) is 10.3 Å². The fourth-order valence-corrected chi connectivity index (χ4v) is 0.796. The Labute approximate surface area is 68.8 Å². The molecule has 0 heterocycles. The van der Waals surface area contributed by atoms with Crippen molar-refractivity contribution in [2.75, 3.05) is 0 Å². The monoisotopic (exact) mass is 242 g/mol. The maximum atomic E-state index is 10.0. The second-order valence-corrected chi connectivity index (χ2v) is 3.70. The SMILES string of the molecule is CCC(I)CCC(=O)O. The van der Waals surface area contributed by atoms with Gasteiger partial charge in [-0.1, -0.05) is 29.5 Å². The molecule has 0 aromatic rings. The summed E-state index contributed by atoms with van der Waals surface area (Å²) in [6.07, 6.45) is 2.17. The minimum Gasteiger partial charge on any atom is -0.481 e. The molecular weight excluding hydrogens is 231 g/mol. The number of rotatable bonds is 4. The summed E-state index contributed by atoms with van der Waals surface area (Å²) in [6.45, 7) is 2.07. The summed E-state index contributed by atoms with van der Waals surface area (Å²) in [4.78, 5) is 10.0. The zero-order valence-electron chi connectivity index (χ0n) is 5.43. The molecule has 0 spiro atoms. The Balaban J connectivity index is 3.16. The van der Waals surface area contributed by atoms with E-state index in [4.69, 9.17) is 5.11 Å². The van der Waals surface area contributed by atoms with E-state index in [9.17, 15) is 4.79 Å². The van der Waals surface area contributed by atoms with Crippen LogP contribution in [0.25, 0.3) is 0 Å². The Morgan fingerprint density at radius 2 is 2.33 bits per heavy atom. The average molecular weight is 242 g/mol. The summed E-state index contributed by atoms with van der Waals surface area (Å²) in [6, 6.07) is 0. The number of hydrogen-bond donors (Lipinski definition) is 1. The highest BCUT2D eigenvalue weighted by molar-refractivity contribution is 14.1. The lowest BCUT2D eigenvalue weighted by atomic mass is 10.2. The van der Waals surface area contributed by atoms with Gasteiger partial charge in [-0.25, -0.2) is 0 Å². The molecule has 0 aromatic carbocycles. The first-order chi connectivity index (χ1) is 4.16. The molecule has 9 heavy (non-hydrogen) atoms. The number of halogens is 1. The molecule has 0 aromatic heterocycles. The molecule has 0 aliphatic carbocycles. The van der Waals surface area contributed by atoms with E-state index in [-0.39, 0.29) is 0 Å². The molecule has 0 aliphatic heterocycles. The van der Waals surface area contributed by atoms with Crippen molar-refractivity contribution in [2.45, 2.75) is 30.1 Å². The van der Waals surface area contributed by atoms with Crippen molar-refractivity contribution in [3.8, 4) is 0 Å². The van der Waals surface area contributed by atoms with Gasteiger partial charge in [0.1, 0.15) is 0 Å². The predicted molar refractivity (Wildman–Crippen MR) is 45.0 cm³/mol. The Morgan fingerprint density at radius 1 is 1.78 bits per heavy atom. The average Bonchev–Trinajstić information content (AvgIpc) is 1.83. The molecular formula is C6H11IO2. The summed E-state index contributed by atoms with van der Waals surface area (Å²) < 4.78 is 0.527. The first-order valence-electron chi connectivity index (χ1n) is 3.02. The minimum atomic E-state index is -0.690. The molecule has 0 fully saturated rings. The van der Waals surface area contributed by atoms with E-state index in [0.717, 1.165) is 12.8 Å². The molecule has 1 atom stereocenters. The van der Waals surface area contributed by atoms with E-state index in [1.54, 1.807) is 0 Å². The van der Waals surface area contributed by atoms with Crippen LogP contribution >= 0.6 is 22.6 Å². The van der Waals surface area contributed by atoms with Gasteiger partial charge in [-0.2, -0.15) is 0 Å². The Hall–Kier alpha value is 0.200. The van der Waals surface area contributed by atoms with Gasteiger partial charge >= 0.3 is 5.97 Å². The highest BCUT2D eigenvalue weighted by Crippen LogP contribution is 2.11. The smallest absolute Gasteiger partial charge is 0.303 e. The van der Waals surface area contributed by atoms with E-state index in [1.807, 2.05) is 0 Å². The second kappa shape index (κ2) is 5.02. The normalized spacial score (nSPS) is 13.1. The molecule has 1 N–H and O–H groups in total. The van der Waals surface area contributed by atoms with Gasteiger partial charge in [0.05, 0.1) is 0 Å². The van der Waals surface area contributed by atoms with Crippen LogP contribution in [-0.4, -0.2) is 15.0 Å². The van der Waals surface area contributed by atoms with Crippen LogP contribution in [0.5, 0.6) is 0 Å². The van der Waals surface area contributed by atoms with Crippen molar-refractivity contribution in [1.29, 1.82) is 0 Å². The van der Waals surface area contributed by atoms with Crippen LogP contribution in [0, 0.1) is 0 Å². The van der Waals surface area contributed by atoms with Gasteiger partial charge in [-0.3, -0.25) is 4.79 Å². The van der Waals surface area contributed by atoms with E-state index >= 15 is 0 Å². The molecule has 0 bridgehead atoms. The number of carboxylic acids is 1. The van der Waals surface area contributed by atoms with E-state index in [0.29, 0.717) is 10.3 Å². The van der Waals surface area contributed by atoms with E-state index < -0.39 is 5.97 Å². The van der Waals surface area contributed by atoms with E-state index in [2.05, 4.69) is 29.5 Å². The number of alkyl halides is 1. The van der Waals surface area contributed by atoms with Crippen LogP contribution in [0.15, 0.2) is 0 Å². The van der Waals surface area contributed by atoms with Crippen molar-refractivity contribution < 1.29 is 9.90 Å². The Morgan fingerprint density at radius 3 is 2.67 bits per heavy atom. The lowest BCUT2D eigenvalue weighted by Crippen LogP contribution is -2.01. The predicted octanol–water partition coefficient (Wildman–Crippen LogP) is 2.06. The summed E-state index contributed by atoms with van der Waals surface area (Å²) >= 11 is 2.28. The summed E-state index contributed by atoms with van der Waals surface area (Å²) in [5.41, 5.74) is 0. The summed E-state index contributed by atoms with van der Waals surface area (Å²) in [5, 5.41) is 8.25. The van der Waals surface area contributed by atoms with Crippen LogP contribution in [0.1, 0.15) is 26.2 Å². The van der Waals surface area contributed by atoms with Gasteiger partial charge in [0.25, 0.3) is 0 Å². The molecule has 3 heteroatoms. The van der Waals surface area contributed by atoms with Gasteiger partial charge in [0.2, 0.25) is 0 Å². The van der Waals surface area contributed by atoms with Crippen molar-refractivity contribution in [1.82, 2.24) is 0 Å². The third kappa shape index (κ3) is 6.08.